The minimum atomic E-state index is -0.336. The fraction of sp³-hybridized carbons (Fsp3) is 0.294. The maximum Gasteiger partial charge on any atom is 0.124 e. The number of hydrogen-bond donors (Lipinski definition) is 1. The number of hydrogen-bond acceptors (Lipinski definition) is 2. The van der Waals surface area contributed by atoms with E-state index >= 15 is 0 Å². The molecule has 1 unspecified atom stereocenters. The molecular weight excluding hydrogens is 289 g/mol. The van der Waals surface area contributed by atoms with Crippen LogP contribution < -0.4 is 10.5 Å². The number of halogens is 2. The second kappa shape index (κ2) is 6.04. The molecule has 3 rings (SSSR count). The lowest BCUT2D eigenvalue weighted by molar-refractivity contribution is 0.302. The predicted octanol–water partition coefficient (Wildman–Crippen LogP) is 4.26. The van der Waals surface area contributed by atoms with Crippen molar-refractivity contribution in [1.82, 2.24) is 0 Å². The third-order valence-electron chi connectivity index (χ3n) is 3.57. The molecule has 1 aliphatic rings. The van der Waals surface area contributed by atoms with Gasteiger partial charge in [-0.05, 0) is 54.7 Å². The summed E-state index contributed by atoms with van der Waals surface area (Å²) in [7, 11) is 0. The van der Waals surface area contributed by atoms with Crippen molar-refractivity contribution in [3.05, 3.63) is 64.4 Å². The molecule has 0 heterocycles. The van der Waals surface area contributed by atoms with Crippen LogP contribution in [0, 0.1) is 5.82 Å². The predicted molar refractivity (Wildman–Crippen MR) is 82.1 cm³/mol. The Morgan fingerprint density at radius 3 is 2.76 bits per heavy atom. The van der Waals surface area contributed by atoms with E-state index in [4.69, 9.17) is 22.1 Å². The van der Waals surface area contributed by atoms with Crippen LogP contribution in [0.5, 0.6) is 5.75 Å². The molecule has 1 aliphatic carbocycles. The molecule has 4 heteroatoms. The second-order valence-electron chi connectivity index (χ2n) is 5.44. The summed E-state index contributed by atoms with van der Waals surface area (Å²) < 4.78 is 18.8. The topological polar surface area (TPSA) is 35.2 Å². The first kappa shape index (κ1) is 14.4. The summed E-state index contributed by atoms with van der Waals surface area (Å²) in [5.74, 6) is 0.521. The standard InChI is InChI=1S/C17H17ClFNO/c18-16-10-13(19)5-4-11(16)9-17(20)12-2-1-3-15(8-12)21-14-6-7-14/h1-5,8,10,14,17H,6-7,9,20H2. The van der Waals surface area contributed by atoms with Gasteiger partial charge in [0.2, 0.25) is 0 Å². The number of benzene rings is 2. The monoisotopic (exact) mass is 305 g/mol. The van der Waals surface area contributed by atoms with Crippen LogP contribution in [0.2, 0.25) is 5.02 Å². The Morgan fingerprint density at radius 2 is 2.05 bits per heavy atom. The number of ether oxygens (including phenoxy) is 1. The van der Waals surface area contributed by atoms with Crippen molar-refractivity contribution in [2.24, 2.45) is 5.73 Å². The van der Waals surface area contributed by atoms with Gasteiger partial charge in [0.15, 0.2) is 0 Å². The van der Waals surface area contributed by atoms with E-state index in [1.807, 2.05) is 24.3 Å². The first-order valence-electron chi connectivity index (χ1n) is 7.08. The highest BCUT2D eigenvalue weighted by Gasteiger charge is 2.23. The minimum absolute atomic E-state index is 0.198. The Bertz CT molecular complexity index is 642. The van der Waals surface area contributed by atoms with Crippen LogP contribution in [0.15, 0.2) is 42.5 Å². The zero-order valence-electron chi connectivity index (χ0n) is 11.6. The van der Waals surface area contributed by atoms with Gasteiger partial charge >= 0.3 is 0 Å². The van der Waals surface area contributed by atoms with E-state index in [9.17, 15) is 4.39 Å². The van der Waals surface area contributed by atoms with Crippen LogP contribution in [-0.2, 0) is 6.42 Å². The summed E-state index contributed by atoms with van der Waals surface area (Å²) in [6.45, 7) is 0. The molecule has 21 heavy (non-hydrogen) atoms. The van der Waals surface area contributed by atoms with Gasteiger partial charge in [-0.1, -0.05) is 29.8 Å². The molecule has 0 aromatic heterocycles. The van der Waals surface area contributed by atoms with E-state index < -0.39 is 0 Å². The van der Waals surface area contributed by atoms with E-state index in [0.29, 0.717) is 17.5 Å². The third kappa shape index (κ3) is 3.74. The van der Waals surface area contributed by atoms with Crippen molar-refractivity contribution in [3.8, 4) is 5.75 Å². The molecule has 1 saturated carbocycles. The smallest absolute Gasteiger partial charge is 0.124 e. The van der Waals surface area contributed by atoms with Gasteiger partial charge in [0.05, 0.1) is 6.10 Å². The lowest BCUT2D eigenvalue weighted by Gasteiger charge is -2.15. The molecule has 0 saturated heterocycles. The van der Waals surface area contributed by atoms with Crippen molar-refractivity contribution in [1.29, 1.82) is 0 Å². The van der Waals surface area contributed by atoms with Crippen molar-refractivity contribution in [3.63, 3.8) is 0 Å². The summed E-state index contributed by atoms with van der Waals surface area (Å²) in [4.78, 5) is 0. The highest BCUT2D eigenvalue weighted by atomic mass is 35.5. The Kier molecular flexibility index (Phi) is 4.13. The Balaban J connectivity index is 1.73. The van der Waals surface area contributed by atoms with Crippen molar-refractivity contribution in [2.75, 3.05) is 0 Å². The van der Waals surface area contributed by atoms with Crippen molar-refractivity contribution >= 4 is 11.6 Å². The largest absolute Gasteiger partial charge is 0.490 e. The lowest BCUT2D eigenvalue weighted by atomic mass is 9.99. The van der Waals surface area contributed by atoms with Crippen LogP contribution in [0.4, 0.5) is 4.39 Å². The van der Waals surface area contributed by atoms with E-state index in [-0.39, 0.29) is 11.9 Å². The van der Waals surface area contributed by atoms with Crippen LogP contribution in [0.3, 0.4) is 0 Å². The third-order valence-corrected chi connectivity index (χ3v) is 3.92. The molecule has 0 amide bonds. The van der Waals surface area contributed by atoms with Gasteiger partial charge in [-0.2, -0.15) is 0 Å². The van der Waals surface area contributed by atoms with Crippen LogP contribution in [-0.4, -0.2) is 6.10 Å². The maximum atomic E-state index is 13.1. The SMILES string of the molecule is NC(Cc1ccc(F)cc1Cl)c1cccc(OC2CC2)c1. The van der Waals surface area contributed by atoms with Crippen LogP contribution in [0.1, 0.15) is 30.0 Å². The van der Waals surface area contributed by atoms with Crippen molar-refractivity contribution < 1.29 is 9.13 Å². The summed E-state index contributed by atoms with van der Waals surface area (Å²) in [5, 5.41) is 0.413. The van der Waals surface area contributed by atoms with Gasteiger partial charge in [-0.25, -0.2) is 4.39 Å². The Labute approximate surface area is 128 Å². The second-order valence-corrected chi connectivity index (χ2v) is 5.84. The van der Waals surface area contributed by atoms with E-state index in [1.54, 1.807) is 6.07 Å². The molecule has 1 fully saturated rings. The molecule has 0 aliphatic heterocycles. The molecule has 2 nitrogen and oxygen atoms in total. The maximum absolute atomic E-state index is 13.1. The molecular formula is C17H17ClFNO. The first-order valence-corrected chi connectivity index (χ1v) is 7.46. The van der Waals surface area contributed by atoms with E-state index in [2.05, 4.69) is 0 Å². The average Bonchev–Trinajstić information content (AvgIpc) is 3.26. The Hall–Kier alpha value is -1.58. The first-order chi connectivity index (χ1) is 10.1. The van der Waals surface area contributed by atoms with Gasteiger partial charge < -0.3 is 10.5 Å². The summed E-state index contributed by atoms with van der Waals surface area (Å²) in [5.41, 5.74) is 8.08. The molecule has 1 atom stereocenters. The molecule has 0 bridgehead atoms. The summed E-state index contributed by atoms with van der Waals surface area (Å²) >= 11 is 6.05. The Morgan fingerprint density at radius 1 is 1.24 bits per heavy atom. The summed E-state index contributed by atoms with van der Waals surface area (Å²) in [6.07, 6.45) is 3.18. The zero-order chi connectivity index (χ0) is 14.8. The highest BCUT2D eigenvalue weighted by Crippen LogP contribution is 2.29. The quantitative estimate of drug-likeness (QED) is 0.895. The van der Waals surface area contributed by atoms with Crippen molar-refractivity contribution in [2.45, 2.75) is 31.4 Å². The number of nitrogens with two attached hydrogens (primary N) is 1. The van der Waals surface area contributed by atoms with Crippen LogP contribution >= 0.6 is 11.6 Å². The van der Waals surface area contributed by atoms with Gasteiger partial charge in [-0.15, -0.1) is 0 Å². The zero-order valence-corrected chi connectivity index (χ0v) is 12.3. The summed E-state index contributed by atoms with van der Waals surface area (Å²) in [6, 6.07) is 12.0. The van der Waals surface area contributed by atoms with E-state index in [1.165, 1.54) is 12.1 Å². The normalized spacial score (nSPS) is 15.8. The average molecular weight is 306 g/mol. The molecule has 0 radical (unpaired) electrons. The van der Waals surface area contributed by atoms with Gasteiger partial charge in [0, 0.05) is 11.1 Å². The molecule has 2 N–H and O–H groups in total. The highest BCUT2D eigenvalue weighted by molar-refractivity contribution is 6.31. The number of rotatable bonds is 5. The molecule has 110 valence electrons. The molecule has 0 spiro atoms. The van der Waals surface area contributed by atoms with E-state index in [0.717, 1.165) is 29.7 Å². The molecule has 2 aromatic carbocycles. The fourth-order valence-electron chi connectivity index (χ4n) is 2.24. The molecule has 2 aromatic rings. The lowest BCUT2D eigenvalue weighted by Crippen LogP contribution is -2.14. The van der Waals surface area contributed by atoms with Crippen LogP contribution in [0.25, 0.3) is 0 Å². The minimum Gasteiger partial charge on any atom is -0.490 e. The van der Waals surface area contributed by atoms with Gasteiger partial charge in [0.25, 0.3) is 0 Å². The van der Waals surface area contributed by atoms with Gasteiger partial charge in [-0.3, -0.25) is 0 Å². The van der Waals surface area contributed by atoms with Gasteiger partial charge in [0.1, 0.15) is 11.6 Å². The fourth-order valence-corrected chi connectivity index (χ4v) is 2.48.